The number of hydrogen-bond acceptors (Lipinski definition) is 4. The largest absolute Gasteiger partial charge is 0.350 e. The summed E-state index contributed by atoms with van der Waals surface area (Å²) in [6.07, 6.45) is 0. The molecule has 0 bridgehead atoms. The Morgan fingerprint density at radius 2 is 0.974 bits per heavy atom. The highest BCUT2D eigenvalue weighted by molar-refractivity contribution is 6.15. The number of aryl methyl sites for hydroxylation is 2. The van der Waals surface area contributed by atoms with Gasteiger partial charge in [0.15, 0.2) is 5.78 Å². The lowest BCUT2D eigenvalue weighted by molar-refractivity contribution is 0.0924. The minimum absolute atomic E-state index is 0.183. The number of benzene rings is 4. The van der Waals surface area contributed by atoms with E-state index in [1.807, 2.05) is 38.1 Å². The van der Waals surface area contributed by atoms with E-state index < -0.39 is 5.91 Å². The second-order valence-corrected chi connectivity index (χ2v) is 9.15. The molecule has 0 heterocycles. The monoisotopic (exact) mass is 519 g/mol. The van der Waals surface area contributed by atoms with Crippen molar-refractivity contribution >= 4 is 29.2 Å². The molecule has 0 fully saturated rings. The normalized spacial score (nSPS) is 10.4. The molecule has 0 saturated carbocycles. The van der Waals surface area contributed by atoms with E-state index in [2.05, 4.69) is 16.0 Å². The summed E-state index contributed by atoms with van der Waals surface area (Å²) in [5, 5.41) is 8.32. The molecule has 0 spiro atoms. The molecule has 4 rings (SSSR count). The van der Waals surface area contributed by atoms with Crippen molar-refractivity contribution in [2.45, 2.75) is 13.8 Å². The zero-order valence-electron chi connectivity index (χ0n) is 21.8. The van der Waals surface area contributed by atoms with Gasteiger partial charge in [-0.2, -0.15) is 0 Å². The van der Waals surface area contributed by atoms with Crippen LogP contribution in [0.1, 0.15) is 58.1 Å². The summed E-state index contributed by atoms with van der Waals surface area (Å²) >= 11 is 0. The number of amides is 3. The molecular weight excluding hydrogens is 490 g/mol. The van der Waals surface area contributed by atoms with Gasteiger partial charge in [0.1, 0.15) is 0 Å². The number of nitrogens with one attached hydrogen (secondary N) is 3. The van der Waals surface area contributed by atoms with Crippen molar-refractivity contribution < 1.29 is 19.2 Å². The van der Waals surface area contributed by atoms with Crippen molar-refractivity contribution in [3.05, 3.63) is 136 Å². The number of ketones is 1. The number of hydrogen-bond donors (Lipinski definition) is 3. The summed E-state index contributed by atoms with van der Waals surface area (Å²) in [5.74, 6) is -1.16. The molecule has 7 heteroatoms. The van der Waals surface area contributed by atoms with Crippen LogP contribution in [0.4, 0.5) is 5.69 Å². The zero-order chi connectivity index (χ0) is 27.8. The fraction of sp³-hybridized carbons (Fsp3) is 0.125. The van der Waals surface area contributed by atoms with Crippen LogP contribution in [0.2, 0.25) is 0 Å². The van der Waals surface area contributed by atoms with Crippen LogP contribution >= 0.6 is 0 Å². The van der Waals surface area contributed by atoms with Crippen molar-refractivity contribution in [2.75, 3.05) is 18.4 Å². The van der Waals surface area contributed by atoms with Gasteiger partial charge in [-0.3, -0.25) is 19.2 Å². The van der Waals surface area contributed by atoms with E-state index >= 15 is 0 Å². The molecule has 0 atom stereocenters. The fourth-order valence-electron chi connectivity index (χ4n) is 3.90. The maximum absolute atomic E-state index is 13.0. The first-order valence-electron chi connectivity index (χ1n) is 12.6. The van der Waals surface area contributed by atoms with Crippen LogP contribution in [-0.4, -0.2) is 36.6 Å². The molecule has 0 aliphatic rings. The molecule has 4 aromatic rings. The molecule has 4 aromatic carbocycles. The summed E-state index contributed by atoms with van der Waals surface area (Å²) in [4.78, 5) is 50.7. The third-order valence-electron chi connectivity index (χ3n) is 6.14. The van der Waals surface area contributed by atoms with Crippen LogP contribution in [0.5, 0.6) is 0 Å². The van der Waals surface area contributed by atoms with Gasteiger partial charge in [0, 0.05) is 41.0 Å². The molecule has 0 aromatic heterocycles. The van der Waals surface area contributed by atoms with E-state index in [9.17, 15) is 19.2 Å². The zero-order valence-corrected chi connectivity index (χ0v) is 21.8. The summed E-state index contributed by atoms with van der Waals surface area (Å²) in [6.45, 7) is 4.28. The van der Waals surface area contributed by atoms with E-state index in [1.54, 1.807) is 72.8 Å². The highest BCUT2D eigenvalue weighted by Gasteiger charge is 2.18. The van der Waals surface area contributed by atoms with E-state index in [1.165, 1.54) is 0 Å². The summed E-state index contributed by atoms with van der Waals surface area (Å²) in [5.41, 5.74) is 4.75. The van der Waals surface area contributed by atoms with Gasteiger partial charge in [-0.15, -0.1) is 0 Å². The summed E-state index contributed by atoms with van der Waals surface area (Å²) in [7, 11) is 0. The highest BCUT2D eigenvalue weighted by atomic mass is 16.2. The Morgan fingerprint density at radius 1 is 0.513 bits per heavy atom. The smallest absolute Gasteiger partial charge is 0.255 e. The fourth-order valence-corrected chi connectivity index (χ4v) is 3.90. The Hall–Kier alpha value is -5.04. The topological polar surface area (TPSA) is 104 Å². The molecule has 3 amide bonds. The van der Waals surface area contributed by atoms with E-state index in [4.69, 9.17) is 0 Å². The number of carbonyl (C=O) groups excluding carboxylic acids is 4. The maximum atomic E-state index is 13.0. The third-order valence-corrected chi connectivity index (χ3v) is 6.14. The standard InChI is InChI=1S/C32H29N3O4/c1-21-7-11-23(12-8-21)29(36)27-5-3-4-6-28(27)32(39)34-20-19-33-30(37)24-15-17-26(18-16-24)35-31(38)25-13-9-22(2)10-14-25/h3-18H,19-20H2,1-2H3,(H,33,37)(H,34,39)(H,35,38). The van der Waals surface area contributed by atoms with Crippen LogP contribution < -0.4 is 16.0 Å². The molecule has 0 saturated heterocycles. The minimum atomic E-state index is -0.394. The van der Waals surface area contributed by atoms with Crippen LogP contribution in [0.3, 0.4) is 0 Å². The van der Waals surface area contributed by atoms with Gasteiger partial charge >= 0.3 is 0 Å². The Labute approximate surface area is 227 Å². The summed E-state index contributed by atoms with van der Waals surface area (Å²) < 4.78 is 0. The Balaban J connectivity index is 1.27. The van der Waals surface area contributed by atoms with Gasteiger partial charge in [0.05, 0.1) is 5.56 Å². The van der Waals surface area contributed by atoms with Gasteiger partial charge in [-0.05, 0) is 56.3 Å². The van der Waals surface area contributed by atoms with E-state index in [0.29, 0.717) is 27.9 Å². The molecule has 0 radical (unpaired) electrons. The molecule has 3 N–H and O–H groups in total. The first-order valence-corrected chi connectivity index (χ1v) is 12.6. The molecule has 0 aliphatic heterocycles. The van der Waals surface area contributed by atoms with Crippen molar-refractivity contribution in [1.82, 2.24) is 10.6 Å². The van der Waals surface area contributed by atoms with Gasteiger partial charge < -0.3 is 16.0 Å². The second-order valence-electron chi connectivity index (χ2n) is 9.15. The SMILES string of the molecule is Cc1ccc(C(=O)Nc2ccc(C(=O)NCCNC(=O)c3ccccc3C(=O)c3ccc(C)cc3)cc2)cc1. The van der Waals surface area contributed by atoms with Crippen molar-refractivity contribution in [3.63, 3.8) is 0 Å². The molecule has 0 unspecified atom stereocenters. The lowest BCUT2D eigenvalue weighted by atomic mass is 9.97. The Bertz CT molecular complexity index is 1490. The van der Waals surface area contributed by atoms with Crippen LogP contribution in [-0.2, 0) is 0 Å². The third kappa shape index (κ3) is 7.05. The molecule has 196 valence electrons. The second kappa shape index (κ2) is 12.5. The van der Waals surface area contributed by atoms with Crippen molar-refractivity contribution in [3.8, 4) is 0 Å². The Morgan fingerprint density at radius 3 is 1.56 bits per heavy atom. The lowest BCUT2D eigenvalue weighted by Gasteiger charge is -2.11. The average molecular weight is 520 g/mol. The number of anilines is 1. The van der Waals surface area contributed by atoms with Crippen LogP contribution in [0.15, 0.2) is 97.1 Å². The lowest BCUT2D eigenvalue weighted by Crippen LogP contribution is -2.35. The van der Waals surface area contributed by atoms with Gasteiger partial charge in [-0.25, -0.2) is 0 Å². The van der Waals surface area contributed by atoms with E-state index in [0.717, 1.165) is 11.1 Å². The van der Waals surface area contributed by atoms with Crippen LogP contribution in [0, 0.1) is 13.8 Å². The average Bonchev–Trinajstić information content (AvgIpc) is 2.96. The molecular formula is C32H29N3O4. The minimum Gasteiger partial charge on any atom is -0.350 e. The van der Waals surface area contributed by atoms with Gasteiger partial charge in [-0.1, -0.05) is 65.7 Å². The van der Waals surface area contributed by atoms with Crippen molar-refractivity contribution in [1.29, 1.82) is 0 Å². The van der Waals surface area contributed by atoms with E-state index in [-0.39, 0.29) is 36.3 Å². The van der Waals surface area contributed by atoms with Crippen molar-refractivity contribution in [2.24, 2.45) is 0 Å². The number of rotatable bonds is 9. The Kier molecular flexibility index (Phi) is 8.64. The maximum Gasteiger partial charge on any atom is 0.255 e. The number of carbonyl (C=O) groups is 4. The van der Waals surface area contributed by atoms with Gasteiger partial charge in [0.25, 0.3) is 17.7 Å². The predicted octanol–water partition coefficient (Wildman–Crippen LogP) is 4.95. The highest BCUT2D eigenvalue weighted by Crippen LogP contribution is 2.16. The molecule has 0 aliphatic carbocycles. The molecule has 39 heavy (non-hydrogen) atoms. The van der Waals surface area contributed by atoms with Gasteiger partial charge in [0.2, 0.25) is 0 Å². The van der Waals surface area contributed by atoms with Crippen LogP contribution in [0.25, 0.3) is 0 Å². The first kappa shape index (κ1) is 27.0. The summed E-state index contributed by atoms with van der Waals surface area (Å²) in [6, 6.07) is 27.7. The quantitative estimate of drug-likeness (QED) is 0.215. The predicted molar refractivity (Wildman–Crippen MR) is 151 cm³/mol. The molecule has 7 nitrogen and oxygen atoms in total. The first-order chi connectivity index (χ1) is 18.8.